The minimum atomic E-state index is -1.13. The second-order valence-electron chi connectivity index (χ2n) is 3.49. The summed E-state index contributed by atoms with van der Waals surface area (Å²) in [5.41, 5.74) is 1.90. The van der Waals surface area contributed by atoms with Gasteiger partial charge in [-0.25, -0.2) is 4.79 Å². The molecule has 1 rings (SSSR count). The van der Waals surface area contributed by atoms with Crippen molar-refractivity contribution >= 4 is 17.6 Å². The van der Waals surface area contributed by atoms with Crippen molar-refractivity contribution in [3.8, 4) is 0 Å². The third-order valence-corrected chi connectivity index (χ3v) is 2.01. The smallest absolute Gasteiger partial charge is 0.328 e. The van der Waals surface area contributed by atoms with Gasteiger partial charge in [-0.15, -0.1) is 0 Å². The number of carboxylic acids is 1. The van der Waals surface area contributed by atoms with Crippen LogP contribution in [0.5, 0.6) is 0 Å². The van der Waals surface area contributed by atoms with E-state index >= 15 is 0 Å². The fraction of sp³-hybridized carbons (Fsp3) is 0.167. The second-order valence-corrected chi connectivity index (χ2v) is 3.49. The van der Waals surface area contributed by atoms with Gasteiger partial charge in [-0.3, -0.25) is 4.79 Å². The quantitative estimate of drug-likeness (QED) is 0.764. The van der Waals surface area contributed by atoms with Crippen LogP contribution < -0.4 is 5.32 Å². The molecule has 0 aliphatic rings. The highest BCUT2D eigenvalue weighted by Crippen LogP contribution is 2.09. The molecule has 0 spiro atoms. The third-order valence-electron chi connectivity index (χ3n) is 2.01. The lowest BCUT2D eigenvalue weighted by molar-refractivity contribution is -0.131. The average molecular weight is 219 g/mol. The number of nitrogens with one attached hydrogen (secondary N) is 1. The predicted octanol–water partition coefficient (Wildman–Crippen LogP) is 1.96. The number of aliphatic carboxylic acids is 1. The lowest BCUT2D eigenvalue weighted by Crippen LogP contribution is -2.13. The molecule has 0 heterocycles. The summed E-state index contributed by atoms with van der Waals surface area (Å²) < 4.78 is 0. The molecule has 1 aromatic rings. The maximum absolute atomic E-state index is 11.5. The van der Waals surface area contributed by atoms with Crippen molar-refractivity contribution in [2.24, 2.45) is 0 Å². The fourth-order valence-electron chi connectivity index (χ4n) is 1.12. The van der Waals surface area contributed by atoms with Crippen molar-refractivity contribution in [3.05, 3.63) is 41.5 Å². The first-order chi connectivity index (χ1) is 7.49. The molecule has 0 aliphatic heterocycles. The maximum Gasteiger partial charge on any atom is 0.328 e. The summed E-state index contributed by atoms with van der Waals surface area (Å²) in [5, 5.41) is 11.1. The second kappa shape index (κ2) is 5.11. The van der Waals surface area contributed by atoms with Crippen molar-refractivity contribution in [2.75, 3.05) is 5.32 Å². The monoisotopic (exact) mass is 219 g/mol. The van der Waals surface area contributed by atoms with E-state index < -0.39 is 11.9 Å². The van der Waals surface area contributed by atoms with E-state index in [0.717, 1.165) is 11.6 Å². The third kappa shape index (κ3) is 3.57. The first kappa shape index (κ1) is 12.0. The highest BCUT2D eigenvalue weighted by Gasteiger charge is 2.05. The van der Waals surface area contributed by atoms with Crippen LogP contribution in [-0.2, 0) is 9.59 Å². The van der Waals surface area contributed by atoms with Gasteiger partial charge in [-0.05, 0) is 26.0 Å². The molecular weight excluding hydrogens is 206 g/mol. The molecule has 0 saturated heterocycles. The van der Waals surface area contributed by atoms with E-state index in [2.05, 4.69) is 5.32 Å². The molecule has 16 heavy (non-hydrogen) atoms. The van der Waals surface area contributed by atoms with E-state index in [4.69, 9.17) is 5.11 Å². The Morgan fingerprint density at radius 2 is 1.81 bits per heavy atom. The molecule has 2 N–H and O–H groups in total. The fourth-order valence-corrected chi connectivity index (χ4v) is 1.12. The van der Waals surface area contributed by atoms with Gasteiger partial charge in [-0.2, -0.15) is 0 Å². The van der Waals surface area contributed by atoms with Gasteiger partial charge in [0.1, 0.15) is 0 Å². The summed E-state index contributed by atoms with van der Waals surface area (Å²) in [5.74, 6) is -1.54. The Morgan fingerprint density at radius 1 is 1.25 bits per heavy atom. The van der Waals surface area contributed by atoms with Gasteiger partial charge in [0.15, 0.2) is 0 Å². The van der Waals surface area contributed by atoms with E-state index in [1.165, 1.54) is 6.92 Å². The Labute approximate surface area is 93.6 Å². The van der Waals surface area contributed by atoms with Crippen molar-refractivity contribution in [3.63, 3.8) is 0 Å². The van der Waals surface area contributed by atoms with Gasteiger partial charge < -0.3 is 10.4 Å². The molecule has 4 nitrogen and oxygen atoms in total. The van der Waals surface area contributed by atoms with Crippen molar-refractivity contribution in [1.82, 2.24) is 0 Å². The molecule has 0 fully saturated rings. The SMILES string of the molecule is C/C(=C/C(=O)O)C(=O)Nc1ccc(C)cc1. The summed E-state index contributed by atoms with van der Waals surface area (Å²) in [4.78, 5) is 21.8. The van der Waals surface area contributed by atoms with Gasteiger partial charge >= 0.3 is 5.97 Å². The number of carboxylic acid groups (broad SMARTS) is 1. The van der Waals surface area contributed by atoms with Crippen LogP contribution in [0.3, 0.4) is 0 Å². The van der Waals surface area contributed by atoms with Crippen LogP contribution in [0.25, 0.3) is 0 Å². The first-order valence-electron chi connectivity index (χ1n) is 4.78. The van der Waals surface area contributed by atoms with Crippen molar-refractivity contribution < 1.29 is 14.7 Å². The minimum absolute atomic E-state index is 0.160. The number of carbonyl (C=O) groups excluding carboxylic acids is 1. The number of amides is 1. The van der Waals surface area contributed by atoms with E-state index in [-0.39, 0.29) is 5.57 Å². The lowest BCUT2D eigenvalue weighted by Gasteiger charge is -2.04. The number of aryl methyl sites for hydroxylation is 1. The zero-order valence-electron chi connectivity index (χ0n) is 9.15. The predicted molar refractivity (Wildman–Crippen MR) is 61.2 cm³/mol. The Kier molecular flexibility index (Phi) is 3.83. The molecule has 0 aliphatic carbocycles. The highest BCUT2D eigenvalue weighted by molar-refractivity contribution is 6.06. The van der Waals surface area contributed by atoms with Crippen LogP contribution in [0.2, 0.25) is 0 Å². The Bertz CT molecular complexity index is 432. The standard InChI is InChI=1S/C12H13NO3/c1-8-3-5-10(6-4-8)13-12(16)9(2)7-11(14)15/h3-7H,1-2H3,(H,13,16)(H,14,15)/b9-7-. The molecule has 1 amide bonds. The zero-order valence-corrected chi connectivity index (χ0v) is 9.15. The van der Waals surface area contributed by atoms with Gasteiger partial charge in [-0.1, -0.05) is 17.7 Å². The van der Waals surface area contributed by atoms with Crippen LogP contribution in [0.15, 0.2) is 35.9 Å². The van der Waals surface area contributed by atoms with Crippen LogP contribution >= 0.6 is 0 Å². The summed E-state index contributed by atoms with van der Waals surface area (Å²) >= 11 is 0. The van der Waals surface area contributed by atoms with Crippen molar-refractivity contribution in [1.29, 1.82) is 0 Å². The maximum atomic E-state index is 11.5. The molecule has 0 bridgehead atoms. The summed E-state index contributed by atoms with van der Waals surface area (Å²) in [6, 6.07) is 7.26. The molecule has 0 unspecified atom stereocenters. The van der Waals surface area contributed by atoms with Gasteiger partial charge in [0, 0.05) is 17.3 Å². The molecule has 0 atom stereocenters. The van der Waals surface area contributed by atoms with Crippen LogP contribution in [0.1, 0.15) is 12.5 Å². The average Bonchev–Trinajstić information content (AvgIpc) is 2.20. The number of hydrogen-bond donors (Lipinski definition) is 2. The van der Waals surface area contributed by atoms with Crippen LogP contribution in [0, 0.1) is 6.92 Å². The summed E-state index contributed by atoms with van der Waals surface area (Å²) in [6.45, 7) is 3.40. The molecule has 84 valence electrons. The van der Waals surface area contributed by atoms with Crippen LogP contribution in [0.4, 0.5) is 5.69 Å². The van der Waals surface area contributed by atoms with Gasteiger partial charge in [0.2, 0.25) is 0 Å². The molecule has 1 aromatic carbocycles. The Balaban J connectivity index is 2.71. The number of carbonyl (C=O) groups is 2. The Morgan fingerprint density at radius 3 is 2.31 bits per heavy atom. The first-order valence-corrected chi connectivity index (χ1v) is 4.78. The number of benzene rings is 1. The number of rotatable bonds is 3. The topological polar surface area (TPSA) is 66.4 Å². The number of anilines is 1. The van der Waals surface area contributed by atoms with E-state index in [9.17, 15) is 9.59 Å². The van der Waals surface area contributed by atoms with Crippen molar-refractivity contribution in [2.45, 2.75) is 13.8 Å². The normalized spacial score (nSPS) is 11.0. The zero-order chi connectivity index (χ0) is 12.1. The number of hydrogen-bond acceptors (Lipinski definition) is 2. The van der Waals surface area contributed by atoms with Crippen LogP contribution in [-0.4, -0.2) is 17.0 Å². The minimum Gasteiger partial charge on any atom is -0.478 e. The Hall–Kier alpha value is -2.10. The highest BCUT2D eigenvalue weighted by atomic mass is 16.4. The molecular formula is C12H13NO3. The van der Waals surface area contributed by atoms with E-state index in [0.29, 0.717) is 5.69 Å². The molecule has 0 saturated carbocycles. The van der Waals surface area contributed by atoms with Gasteiger partial charge in [0.05, 0.1) is 0 Å². The van der Waals surface area contributed by atoms with E-state index in [1.807, 2.05) is 19.1 Å². The molecule has 4 heteroatoms. The van der Waals surface area contributed by atoms with Gasteiger partial charge in [0.25, 0.3) is 5.91 Å². The lowest BCUT2D eigenvalue weighted by atomic mass is 10.2. The summed E-state index contributed by atoms with van der Waals surface area (Å²) in [6.07, 6.45) is 0.878. The summed E-state index contributed by atoms with van der Waals surface area (Å²) in [7, 11) is 0. The van der Waals surface area contributed by atoms with E-state index in [1.54, 1.807) is 12.1 Å². The largest absolute Gasteiger partial charge is 0.478 e. The molecule has 0 radical (unpaired) electrons. The molecule has 0 aromatic heterocycles.